The molecule has 1 aliphatic rings. The molecule has 0 N–H and O–H groups in total. The van der Waals surface area contributed by atoms with Gasteiger partial charge in [-0.25, -0.2) is 4.98 Å². The molecule has 43 heavy (non-hydrogen) atoms. The van der Waals surface area contributed by atoms with Gasteiger partial charge in [-0.05, 0) is 58.7 Å². The predicted octanol–water partition coefficient (Wildman–Crippen LogP) is 10.9. The molecule has 0 amide bonds. The van der Waals surface area contributed by atoms with Crippen LogP contribution in [0.4, 0.5) is 17.1 Å². The molecule has 0 saturated heterocycles. The maximum Gasteiger partial charge on any atom is 0.145 e. The molecule has 0 radical (unpaired) electrons. The maximum atomic E-state index is 5.05. The second-order valence-corrected chi connectivity index (χ2v) is 12.0. The molecule has 4 heteroatoms. The SMILES string of the molecule is c1ccc(-c2ccc3c(c2)Sc2cc(-c4ccccc4)ccc2N3c2cn3c4ccccc4nc3c3ccccc23)cc1. The Kier molecular flexibility index (Phi) is 5.43. The topological polar surface area (TPSA) is 20.5 Å². The zero-order chi connectivity index (χ0) is 28.3. The van der Waals surface area contributed by atoms with Gasteiger partial charge < -0.3 is 4.90 Å². The highest BCUT2D eigenvalue weighted by atomic mass is 32.2. The van der Waals surface area contributed by atoms with Gasteiger partial charge in [-0.1, -0.05) is 121 Å². The first-order valence-electron chi connectivity index (χ1n) is 14.5. The molecule has 3 heterocycles. The number of rotatable bonds is 3. The van der Waals surface area contributed by atoms with E-state index in [1.165, 1.54) is 48.8 Å². The van der Waals surface area contributed by atoms with E-state index in [0.29, 0.717) is 0 Å². The van der Waals surface area contributed by atoms with Crippen LogP contribution in [0.15, 0.2) is 162 Å². The van der Waals surface area contributed by atoms with Crippen LogP contribution in [0.25, 0.3) is 49.7 Å². The number of hydrogen-bond acceptors (Lipinski definition) is 3. The minimum Gasteiger partial charge on any atom is -0.306 e. The van der Waals surface area contributed by atoms with Crippen molar-refractivity contribution in [3.63, 3.8) is 0 Å². The first-order chi connectivity index (χ1) is 21.3. The standard InChI is InChI=1S/C39H25N3S/c1-3-11-26(12-4-1)28-19-21-34-37(23-28)43-38-24-29(27-13-5-2-6-14-27)20-22-35(38)42(34)36-25-41-33-18-10-9-17-32(33)40-39(41)31-16-8-7-15-30(31)36/h1-25H. The fourth-order valence-electron chi connectivity index (χ4n) is 6.33. The molecule has 0 spiro atoms. The third kappa shape index (κ3) is 3.88. The van der Waals surface area contributed by atoms with E-state index in [9.17, 15) is 0 Å². The minimum absolute atomic E-state index is 0.978. The summed E-state index contributed by atoms with van der Waals surface area (Å²) < 4.78 is 2.25. The summed E-state index contributed by atoms with van der Waals surface area (Å²) in [6.07, 6.45) is 2.27. The van der Waals surface area contributed by atoms with E-state index in [1.54, 1.807) is 0 Å². The summed E-state index contributed by atoms with van der Waals surface area (Å²) in [6.45, 7) is 0. The van der Waals surface area contributed by atoms with Crippen molar-refractivity contribution in [2.45, 2.75) is 9.79 Å². The molecule has 8 aromatic rings. The number of nitrogens with zero attached hydrogens (tertiary/aromatic N) is 3. The summed E-state index contributed by atoms with van der Waals surface area (Å²) in [5, 5.41) is 2.31. The number of hydrogen-bond donors (Lipinski definition) is 0. The number of benzene rings is 6. The fourth-order valence-corrected chi connectivity index (χ4v) is 7.46. The van der Waals surface area contributed by atoms with Gasteiger partial charge in [0, 0.05) is 26.8 Å². The first-order valence-corrected chi connectivity index (χ1v) is 15.3. The highest BCUT2D eigenvalue weighted by Crippen LogP contribution is 2.54. The van der Waals surface area contributed by atoms with Crippen LogP contribution in [0.3, 0.4) is 0 Å². The summed E-state index contributed by atoms with van der Waals surface area (Å²) in [4.78, 5) is 9.96. The number of anilines is 3. The van der Waals surface area contributed by atoms with Gasteiger partial charge in [-0.15, -0.1) is 0 Å². The molecule has 3 nitrogen and oxygen atoms in total. The Morgan fingerprint density at radius 3 is 1.67 bits per heavy atom. The zero-order valence-electron chi connectivity index (χ0n) is 23.2. The highest BCUT2D eigenvalue weighted by Gasteiger charge is 2.28. The molecular weight excluding hydrogens is 543 g/mol. The number of imidazole rings is 1. The first kappa shape index (κ1) is 24.3. The summed E-state index contributed by atoms with van der Waals surface area (Å²) in [5.74, 6) is 0. The number of para-hydroxylation sites is 2. The van der Waals surface area contributed by atoms with E-state index in [4.69, 9.17) is 4.98 Å². The van der Waals surface area contributed by atoms with Crippen LogP contribution in [0.5, 0.6) is 0 Å². The molecular formula is C39H25N3S. The van der Waals surface area contributed by atoms with Crippen molar-refractivity contribution in [1.82, 2.24) is 9.38 Å². The van der Waals surface area contributed by atoms with Gasteiger partial charge in [-0.3, -0.25) is 4.40 Å². The van der Waals surface area contributed by atoms with Gasteiger partial charge >= 0.3 is 0 Å². The second kappa shape index (κ2) is 9.62. The molecule has 9 rings (SSSR count). The van der Waals surface area contributed by atoms with Crippen LogP contribution in [-0.4, -0.2) is 9.38 Å². The van der Waals surface area contributed by atoms with Gasteiger partial charge in [0.25, 0.3) is 0 Å². The van der Waals surface area contributed by atoms with Crippen molar-refractivity contribution in [1.29, 1.82) is 0 Å². The van der Waals surface area contributed by atoms with Gasteiger partial charge in [0.15, 0.2) is 0 Å². The largest absolute Gasteiger partial charge is 0.306 e. The van der Waals surface area contributed by atoms with E-state index in [1.807, 2.05) is 11.8 Å². The van der Waals surface area contributed by atoms with Gasteiger partial charge in [-0.2, -0.15) is 0 Å². The van der Waals surface area contributed by atoms with Crippen LogP contribution < -0.4 is 4.90 Å². The quantitative estimate of drug-likeness (QED) is 0.212. The van der Waals surface area contributed by atoms with Crippen LogP contribution in [-0.2, 0) is 0 Å². The molecule has 202 valence electrons. The van der Waals surface area contributed by atoms with Crippen LogP contribution in [0.1, 0.15) is 0 Å². The number of aromatic nitrogens is 2. The van der Waals surface area contributed by atoms with E-state index >= 15 is 0 Å². The lowest BCUT2D eigenvalue weighted by Gasteiger charge is -2.34. The highest BCUT2D eigenvalue weighted by molar-refractivity contribution is 7.99. The van der Waals surface area contributed by atoms with Gasteiger partial charge in [0.2, 0.25) is 0 Å². The molecule has 1 aliphatic heterocycles. The van der Waals surface area contributed by atoms with Crippen molar-refractivity contribution >= 4 is 56.3 Å². The average Bonchev–Trinajstić information content (AvgIpc) is 3.46. The normalized spacial score (nSPS) is 12.5. The fraction of sp³-hybridized carbons (Fsp3) is 0. The third-order valence-corrected chi connectivity index (χ3v) is 9.46. The van der Waals surface area contributed by atoms with Crippen molar-refractivity contribution < 1.29 is 0 Å². The predicted molar refractivity (Wildman–Crippen MR) is 180 cm³/mol. The Morgan fingerprint density at radius 2 is 1.02 bits per heavy atom. The number of fused-ring (bicyclic) bond motifs is 7. The molecule has 0 saturated carbocycles. The lowest BCUT2D eigenvalue weighted by molar-refractivity contribution is 1.14. The van der Waals surface area contributed by atoms with E-state index in [-0.39, 0.29) is 0 Å². The van der Waals surface area contributed by atoms with Gasteiger partial charge in [0.1, 0.15) is 5.65 Å². The molecule has 0 unspecified atom stereocenters. The lowest BCUT2D eigenvalue weighted by atomic mass is 10.0. The molecule has 2 aromatic heterocycles. The minimum atomic E-state index is 0.978. The summed E-state index contributed by atoms with van der Waals surface area (Å²) >= 11 is 1.85. The van der Waals surface area contributed by atoms with Crippen molar-refractivity contribution in [3.8, 4) is 22.3 Å². The Hall–Kier alpha value is -5.32. The summed E-state index contributed by atoms with van der Waals surface area (Å²) in [5.41, 5.74) is 11.5. The lowest BCUT2D eigenvalue weighted by Crippen LogP contribution is -2.16. The maximum absolute atomic E-state index is 5.05. The van der Waals surface area contributed by atoms with Crippen molar-refractivity contribution in [2.75, 3.05) is 4.90 Å². The van der Waals surface area contributed by atoms with Crippen LogP contribution in [0.2, 0.25) is 0 Å². The Labute approximate surface area is 253 Å². The monoisotopic (exact) mass is 567 g/mol. The van der Waals surface area contributed by atoms with E-state index < -0.39 is 0 Å². The molecule has 6 aromatic carbocycles. The Balaban J connectivity index is 1.33. The van der Waals surface area contributed by atoms with Crippen LogP contribution >= 0.6 is 11.8 Å². The smallest absolute Gasteiger partial charge is 0.145 e. The third-order valence-electron chi connectivity index (χ3n) is 8.37. The molecule has 0 atom stereocenters. The summed E-state index contributed by atoms with van der Waals surface area (Å²) in [6, 6.07) is 52.1. The van der Waals surface area contributed by atoms with Crippen LogP contribution in [0, 0.1) is 0 Å². The van der Waals surface area contributed by atoms with Crippen molar-refractivity contribution in [3.05, 3.63) is 152 Å². The summed E-state index contributed by atoms with van der Waals surface area (Å²) in [7, 11) is 0. The van der Waals surface area contributed by atoms with Crippen molar-refractivity contribution in [2.24, 2.45) is 0 Å². The Morgan fingerprint density at radius 1 is 0.465 bits per heavy atom. The van der Waals surface area contributed by atoms with E-state index in [2.05, 4.69) is 161 Å². The zero-order valence-corrected chi connectivity index (χ0v) is 24.0. The number of pyridine rings is 1. The Bertz CT molecular complexity index is 2230. The average molecular weight is 568 g/mol. The van der Waals surface area contributed by atoms with Gasteiger partial charge in [0.05, 0.1) is 28.1 Å². The molecule has 0 aliphatic carbocycles. The molecule has 0 fully saturated rings. The second-order valence-electron chi connectivity index (χ2n) is 10.9. The van der Waals surface area contributed by atoms with E-state index in [0.717, 1.165) is 27.8 Å². The molecule has 0 bridgehead atoms.